The minimum Gasteiger partial charge on any atom is -0.493 e. The molecule has 0 spiro atoms. The van der Waals surface area contributed by atoms with E-state index in [2.05, 4.69) is 4.99 Å². The van der Waals surface area contributed by atoms with E-state index < -0.39 is 5.97 Å². The molecular weight excluding hydrogens is 392 g/mol. The van der Waals surface area contributed by atoms with Crippen molar-refractivity contribution in [1.82, 2.24) is 4.57 Å². The van der Waals surface area contributed by atoms with Crippen molar-refractivity contribution in [3.05, 3.63) is 102 Å². The number of carboxylic acid groups (broad SMARTS) is 1. The Bertz CT molecular complexity index is 1210. The summed E-state index contributed by atoms with van der Waals surface area (Å²) in [6.07, 6.45) is 3.67. The van der Waals surface area contributed by atoms with E-state index in [1.165, 1.54) is 0 Å². The van der Waals surface area contributed by atoms with E-state index >= 15 is 0 Å². The zero-order chi connectivity index (χ0) is 21.6. The van der Waals surface area contributed by atoms with Crippen molar-refractivity contribution < 1.29 is 19.4 Å². The second kappa shape index (κ2) is 9.00. The van der Waals surface area contributed by atoms with Gasteiger partial charge in [0.05, 0.1) is 30.3 Å². The molecule has 0 amide bonds. The largest absolute Gasteiger partial charge is 0.493 e. The number of aliphatic imine (C=N–C) groups is 1. The maximum atomic E-state index is 11.0. The molecule has 3 aromatic carbocycles. The third-order valence-electron chi connectivity index (χ3n) is 4.65. The molecule has 0 bridgehead atoms. The summed E-state index contributed by atoms with van der Waals surface area (Å²) in [7, 11) is 1.61. The molecule has 154 valence electrons. The van der Waals surface area contributed by atoms with Crippen LogP contribution in [0.5, 0.6) is 17.2 Å². The molecule has 0 atom stereocenters. The Morgan fingerprint density at radius 3 is 2.29 bits per heavy atom. The topological polar surface area (TPSA) is 73.0 Å². The number of aromatic carboxylic acids is 1. The van der Waals surface area contributed by atoms with Gasteiger partial charge in [0.2, 0.25) is 0 Å². The molecule has 0 radical (unpaired) electrons. The lowest BCUT2D eigenvalue weighted by atomic mass is 10.2. The summed E-state index contributed by atoms with van der Waals surface area (Å²) in [5.41, 5.74) is 2.76. The van der Waals surface area contributed by atoms with Gasteiger partial charge in [-0.3, -0.25) is 4.99 Å². The van der Waals surface area contributed by atoms with E-state index in [4.69, 9.17) is 14.6 Å². The zero-order valence-electron chi connectivity index (χ0n) is 16.8. The highest BCUT2D eigenvalue weighted by Crippen LogP contribution is 2.31. The molecule has 0 saturated carbocycles. The van der Waals surface area contributed by atoms with Gasteiger partial charge < -0.3 is 19.1 Å². The summed E-state index contributed by atoms with van der Waals surface area (Å²) in [6, 6.07) is 25.5. The van der Waals surface area contributed by atoms with Crippen molar-refractivity contribution in [2.45, 2.75) is 0 Å². The Morgan fingerprint density at radius 2 is 1.61 bits per heavy atom. The Kier molecular flexibility index (Phi) is 5.80. The molecule has 6 heteroatoms. The summed E-state index contributed by atoms with van der Waals surface area (Å²) in [6.45, 7) is 0. The standard InChI is InChI=1S/C25H20N2O4/c1-30-23-6-2-3-7-24(23)31-22-14-10-19(11-15-22)26-17-21-5-4-16-27(21)20-12-8-18(9-13-20)25(28)29/h2-17H,1H3,(H,28,29). The fourth-order valence-electron chi connectivity index (χ4n) is 3.07. The van der Waals surface area contributed by atoms with Gasteiger partial charge in [0.1, 0.15) is 5.75 Å². The summed E-state index contributed by atoms with van der Waals surface area (Å²) in [5.74, 6) is 1.05. The number of aromatic nitrogens is 1. The van der Waals surface area contributed by atoms with Gasteiger partial charge >= 0.3 is 5.97 Å². The van der Waals surface area contributed by atoms with Crippen LogP contribution in [0.25, 0.3) is 5.69 Å². The molecule has 0 fully saturated rings. The maximum absolute atomic E-state index is 11.0. The van der Waals surface area contributed by atoms with Gasteiger partial charge in [-0.1, -0.05) is 12.1 Å². The van der Waals surface area contributed by atoms with Crippen LogP contribution < -0.4 is 9.47 Å². The van der Waals surface area contributed by atoms with E-state index in [1.807, 2.05) is 71.4 Å². The number of rotatable bonds is 7. The van der Waals surface area contributed by atoms with Gasteiger partial charge in [0, 0.05) is 11.9 Å². The average Bonchev–Trinajstić information content (AvgIpc) is 3.28. The zero-order valence-corrected chi connectivity index (χ0v) is 16.8. The van der Waals surface area contributed by atoms with Gasteiger partial charge in [-0.15, -0.1) is 0 Å². The van der Waals surface area contributed by atoms with Crippen molar-refractivity contribution in [3.8, 4) is 22.9 Å². The first-order valence-corrected chi connectivity index (χ1v) is 9.60. The number of hydrogen-bond acceptors (Lipinski definition) is 4. The smallest absolute Gasteiger partial charge is 0.335 e. The van der Waals surface area contributed by atoms with Crippen LogP contribution in [0.15, 0.2) is 96.1 Å². The summed E-state index contributed by atoms with van der Waals surface area (Å²) >= 11 is 0. The van der Waals surface area contributed by atoms with Crippen molar-refractivity contribution in [2.75, 3.05) is 7.11 Å². The van der Waals surface area contributed by atoms with E-state index in [1.54, 1.807) is 37.6 Å². The Morgan fingerprint density at radius 1 is 0.903 bits per heavy atom. The number of hydrogen-bond donors (Lipinski definition) is 1. The molecule has 4 rings (SSSR count). The molecule has 1 N–H and O–H groups in total. The highest BCUT2D eigenvalue weighted by Gasteiger charge is 2.06. The van der Waals surface area contributed by atoms with Crippen LogP contribution in [-0.4, -0.2) is 29.0 Å². The minimum absolute atomic E-state index is 0.251. The number of carbonyl (C=O) groups is 1. The fraction of sp³-hybridized carbons (Fsp3) is 0.0400. The predicted molar refractivity (Wildman–Crippen MR) is 119 cm³/mol. The summed E-state index contributed by atoms with van der Waals surface area (Å²) in [5, 5.41) is 9.06. The molecule has 6 nitrogen and oxygen atoms in total. The molecule has 4 aromatic rings. The molecule has 1 heterocycles. The van der Waals surface area contributed by atoms with Crippen molar-refractivity contribution >= 4 is 17.9 Å². The van der Waals surface area contributed by atoms with Crippen molar-refractivity contribution in [2.24, 2.45) is 4.99 Å². The molecule has 0 aliphatic rings. The lowest BCUT2D eigenvalue weighted by Crippen LogP contribution is -2.00. The first kappa shape index (κ1) is 20.0. The minimum atomic E-state index is -0.945. The normalized spacial score (nSPS) is 10.9. The SMILES string of the molecule is COc1ccccc1Oc1ccc(N=Cc2cccn2-c2ccc(C(=O)O)cc2)cc1. The summed E-state index contributed by atoms with van der Waals surface area (Å²) in [4.78, 5) is 15.6. The molecule has 0 aliphatic carbocycles. The Hall–Kier alpha value is -4.32. The fourth-order valence-corrected chi connectivity index (χ4v) is 3.07. The number of carboxylic acids is 1. The number of ether oxygens (including phenoxy) is 2. The van der Waals surface area contributed by atoms with Crippen LogP contribution in [0.3, 0.4) is 0 Å². The third kappa shape index (κ3) is 4.64. The first-order valence-electron chi connectivity index (χ1n) is 9.60. The Labute approximate surface area is 179 Å². The van der Waals surface area contributed by atoms with Crippen LogP contribution in [0, 0.1) is 0 Å². The maximum Gasteiger partial charge on any atom is 0.335 e. The molecule has 0 unspecified atom stereocenters. The quantitative estimate of drug-likeness (QED) is 0.394. The monoisotopic (exact) mass is 412 g/mol. The van der Waals surface area contributed by atoms with Gasteiger partial charge in [0.15, 0.2) is 11.5 Å². The lowest BCUT2D eigenvalue weighted by molar-refractivity contribution is 0.0697. The van der Waals surface area contributed by atoms with Gasteiger partial charge in [0.25, 0.3) is 0 Å². The van der Waals surface area contributed by atoms with Crippen LogP contribution in [0.4, 0.5) is 5.69 Å². The number of benzene rings is 3. The van der Waals surface area contributed by atoms with Crippen LogP contribution in [0.1, 0.15) is 16.1 Å². The molecule has 1 aromatic heterocycles. The van der Waals surface area contributed by atoms with Crippen molar-refractivity contribution in [1.29, 1.82) is 0 Å². The van der Waals surface area contributed by atoms with Crippen molar-refractivity contribution in [3.63, 3.8) is 0 Å². The molecular formula is C25H20N2O4. The second-order valence-electron chi connectivity index (χ2n) is 6.66. The highest BCUT2D eigenvalue weighted by molar-refractivity contribution is 5.88. The van der Waals surface area contributed by atoms with Crippen LogP contribution in [0.2, 0.25) is 0 Å². The first-order chi connectivity index (χ1) is 15.1. The number of nitrogens with zero attached hydrogens (tertiary/aromatic N) is 2. The average molecular weight is 412 g/mol. The molecule has 0 saturated heterocycles. The molecule has 0 aliphatic heterocycles. The lowest BCUT2D eigenvalue weighted by Gasteiger charge is -2.10. The Balaban J connectivity index is 1.48. The highest BCUT2D eigenvalue weighted by atomic mass is 16.5. The van der Waals surface area contributed by atoms with Crippen LogP contribution >= 0.6 is 0 Å². The second-order valence-corrected chi connectivity index (χ2v) is 6.66. The molecule has 31 heavy (non-hydrogen) atoms. The van der Waals surface area contributed by atoms with E-state index in [0.717, 1.165) is 17.1 Å². The van der Waals surface area contributed by atoms with Gasteiger partial charge in [-0.2, -0.15) is 0 Å². The predicted octanol–water partition coefficient (Wildman–Crippen LogP) is 5.73. The van der Waals surface area contributed by atoms with Crippen LogP contribution in [-0.2, 0) is 0 Å². The number of para-hydroxylation sites is 2. The van der Waals surface area contributed by atoms with Gasteiger partial charge in [-0.05, 0) is 72.8 Å². The third-order valence-corrected chi connectivity index (χ3v) is 4.65. The van der Waals surface area contributed by atoms with E-state index in [0.29, 0.717) is 17.2 Å². The van der Waals surface area contributed by atoms with E-state index in [9.17, 15) is 4.79 Å². The van der Waals surface area contributed by atoms with E-state index in [-0.39, 0.29) is 5.56 Å². The van der Waals surface area contributed by atoms with Gasteiger partial charge in [-0.25, -0.2) is 4.79 Å². The summed E-state index contributed by atoms with van der Waals surface area (Å²) < 4.78 is 13.1. The number of methoxy groups -OCH3 is 1.